The molecule has 0 bridgehead atoms. The molecule has 0 unspecified atom stereocenters. The standard InChI is InChI=1S/C7H4NS2/c1-3-9-5-6(1)7-2-4-10-8-7/h1-4H. The zero-order valence-corrected chi connectivity index (χ0v) is 6.71. The number of rotatable bonds is 1. The molecule has 0 aromatic carbocycles. The number of aromatic nitrogens is 1. The third-order valence-corrected chi connectivity index (χ3v) is 2.36. The molecule has 0 saturated carbocycles. The van der Waals surface area contributed by atoms with E-state index in [2.05, 4.69) is 9.75 Å². The van der Waals surface area contributed by atoms with Gasteiger partial charge in [0.25, 0.3) is 0 Å². The molecule has 0 N–H and O–H groups in total. The Morgan fingerprint density at radius 3 is 2.90 bits per heavy atom. The normalized spacial score (nSPS) is 10.0. The summed E-state index contributed by atoms with van der Waals surface area (Å²) >= 11 is 3.05. The lowest BCUT2D eigenvalue weighted by atomic mass is 10.2. The van der Waals surface area contributed by atoms with Crippen molar-refractivity contribution in [1.82, 2.24) is 4.37 Å². The molecule has 1 nitrogen and oxygen atoms in total. The summed E-state index contributed by atoms with van der Waals surface area (Å²) in [5.41, 5.74) is 2.14. The predicted octanol–water partition coefficient (Wildman–Crippen LogP) is 2.67. The van der Waals surface area contributed by atoms with Crippen molar-refractivity contribution in [3.05, 3.63) is 28.3 Å². The summed E-state index contributed by atoms with van der Waals surface area (Å²) in [5, 5.41) is 7.11. The van der Waals surface area contributed by atoms with Crippen molar-refractivity contribution in [2.75, 3.05) is 0 Å². The zero-order chi connectivity index (χ0) is 6.81. The average Bonchev–Trinajstić information content (AvgIpc) is 2.59. The molecule has 2 aromatic heterocycles. The lowest BCUT2D eigenvalue weighted by Crippen LogP contribution is -1.67. The van der Waals surface area contributed by atoms with E-state index in [0.717, 1.165) is 11.3 Å². The summed E-state index contributed by atoms with van der Waals surface area (Å²) in [5.74, 6) is 0. The Kier molecular flexibility index (Phi) is 1.53. The summed E-state index contributed by atoms with van der Waals surface area (Å²) in [6.07, 6.45) is 0. The van der Waals surface area contributed by atoms with Crippen LogP contribution in [0.4, 0.5) is 0 Å². The molecule has 0 aliphatic rings. The van der Waals surface area contributed by atoms with Gasteiger partial charge in [0.05, 0.1) is 11.1 Å². The molecule has 2 rings (SSSR count). The maximum Gasteiger partial charge on any atom is 0.0855 e. The SMILES string of the molecule is [c]1sccc1-c1ccsn1. The third-order valence-electron chi connectivity index (χ3n) is 1.19. The molecule has 0 saturated heterocycles. The topological polar surface area (TPSA) is 12.9 Å². The van der Waals surface area contributed by atoms with Gasteiger partial charge in [0.1, 0.15) is 0 Å². The van der Waals surface area contributed by atoms with E-state index in [0.29, 0.717) is 0 Å². The van der Waals surface area contributed by atoms with Crippen molar-refractivity contribution in [1.29, 1.82) is 0 Å². The van der Waals surface area contributed by atoms with Crippen LogP contribution < -0.4 is 0 Å². The smallest absolute Gasteiger partial charge is 0.0855 e. The van der Waals surface area contributed by atoms with Crippen LogP contribution in [0.5, 0.6) is 0 Å². The van der Waals surface area contributed by atoms with Crippen LogP contribution in [0.25, 0.3) is 11.3 Å². The maximum atomic E-state index is 4.18. The van der Waals surface area contributed by atoms with E-state index >= 15 is 0 Å². The second-order valence-electron chi connectivity index (χ2n) is 1.82. The first-order valence-corrected chi connectivity index (χ1v) is 4.54. The third kappa shape index (κ3) is 0.978. The zero-order valence-electron chi connectivity index (χ0n) is 5.07. The first-order chi connectivity index (χ1) is 4.97. The van der Waals surface area contributed by atoms with Gasteiger partial charge in [0.15, 0.2) is 0 Å². The number of hydrogen-bond acceptors (Lipinski definition) is 3. The minimum atomic E-state index is 1.03. The van der Waals surface area contributed by atoms with Crippen molar-refractivity contribution in [3.8, 4) is 11.3 Å². The second-order valence-corrected chi connectivity index (χ2v) is 3.20. The molecule has 10 heavy (non-hydrogen) atoms. The summed E-state index contributed by atoms with van der Waals surface area (Å²) in [6, 6.07) is 4.03. The fourth-order valence-corrected chi connectivity index (χ4v) is 1.82. The summed E-state index contributed by atoms with van der Waals surface area (Å²) in [7, 11) is 0. The molecule has 0 amide bonds. The molecule has 0 aliphatic carbocycles. The summed E-state index contributed by atoms with van der Waals surface area (Å²) in [6.45, 7) is 0. The van der Waals surface area contributed by atoms with Crippen LogP contribution in [0.3, 0.4) is 0 Å². The molecule has 0 atom stereocenters. The summed E-state index contributed by atoms with van der Waals surface area (Å²) < 4.78 is 4.18. The van der Waals surface area contributed by atoms with Crippen molar-refractivity contribution >= 4 is 22.9 Å². The van der Waals surface area contributed by atoms with Gasteiger partial charge in [-0.15, -0.1) is 11.3 Å². The minimum absolute atomic E-state index is 1.03. The number of thiophene rings is 1. The molecular formula is C7H4NS2. The van der Waals surface area contributed by atoms with Gasteiger partial charge in [-0.25, -0.2) is 0 Å². The number of hydrogen-bond donors (Lipinski definition) is 0. The monoisotopic (exact) mass is 166 g/mol. The van der Waals surface area contributed by atoms with Gasteiger partial charge >= 0.3 is 0 Å². The highest BCUT2D eigenvalue weighted by Gasteiger charge is 1.97. The quantitative estimate of drug-likeness (QED) is 0.634. The highest BCUT2D eigenvalue weighted by atomic mass is 32.1. The molecule has 49 valence electrons. The molecule has 0 aliphatic heterocycles. The van der Waals surface area contributed by atoms with Crippen LogP contribution in [-0.4, -0.2) is 4.37 Å². The van der Waals surface area contributed by atoms with Gasteiger partial charge in [0.2, 0.25) is 0 Å². The maximum absolute atomic E-state index is 4.18. The highest BCUT2D eigenvalue weighted by Crippen LogP contribution is 2.19. The molecule has 0 spiro atoms. The van der Waals surface area contributed by atoms with Gasteiger partial charge in [-0.1, -0.05) is 0 Å². The van der Waals surface area contributed by atoms with E-state index in [1.807, 2.05) is 22.9 Å². The van der Waals surface area contributed by atoms with Crippen molar-refractivity contribution < 1.29 is 0 Å². The Labute approximate surface area is 67.1 Å². The van der Waals surface area contributed by atoms with Gasteiger partial charge in [0, 0.05) is 10.9 Å². The van der Waals surface area contributed by atoms with Gasteiger partial charge in [-0.3, -0.25) is 0 Å². The van der Waals surface area contributed by atoms with Crippen molar-refractivity contribution in [2.24, 2.45) is 0 Å². The molecule has 2 aromatic rings. The summed E-state index contributed by atoms with van der Waals surface area (Å²) in [4.78, 5) is 0. The Hall–Kier alpha value is -0.670. The lowest BCUT2D eigenvalue weighted by Gasteiger charge is -1.83. The average molecular weight is 166 g/mol. The fraction of sp³-hybridized carbons (Fsp3) is 0. The highest BCUT2D eigenvalue weighted by molar-refractivity contribution is 7.07. The Balaban J connectivity index is 2.48. The fourth-order valence-electron chi connectivity index (χ4n) is 0.723. The lowest BCUT2D eigenvalue weighted by molar-refractivity contribution is 1.55. The van der Waals surface area contributed by atoms with E-state index in [1.165, 1.54) is 11.5 Å². The number of nitrogens with zero attached hydrogens (tertiary/aromatic N) is 1. The first-order valence-electron chi connectivity index (χ1n) is 2.83. The molecule has 0 fully saturated rings. The molecular weight excluding hydrogens is 162 g/mol. The Bertz CT molecular complexity index is 251. The van der Waals surface area contributed by atoms with Crippen molar-refractivity contribution in [2.45, 2.75) is 0 Å². The van der Waals surface area contributed by atoms with E-state index < -0.39 is 0 Å². The van der Waals surface area contributed by atoms with Gasteiger partial charge in [-0.05, 0) is 29.0 Å². The first kappa shape index (κ1) is 6.07. The van der Waals surface area contributed by atoms with Gasteiger partial charge in [-0.2, -0.15) is 4.37 Å². The minimum Gasteiger partial charge on any atom is -0.193 e. The van der Waals surface area contributed by atoms with Crippen LogP contribution in [0.15, 0.2) is 22.9 Å². The molecule has 3 heteroatoms. The van der Waals surface area contributed by atoms with Crippen LogP contribution in [0.1, 0.15) is 0 Å². The van der Waals surface area contributed by atoms with E-state index in [4.69, 9.17) is 0 Å². The van der Waals surface area contributed by atoms with Crippen LogP contribution in [0.2, 0.25) is 0 Å². The van der Waals surface area contributed by atoms with E-state index in [1.54, 1.807) is 11.3 Å². The Morgan fingerprint density at radius 2 is 2.30 bits per heavy atom. The predicted molar refractivity (Wildman–Crippen MR) is 44.3 cm³/mol. The Morgan fingerprint density at radius 1 is 1.30 bits per heavy atom. The molecule has 2 heterocycles. The van der Waals surface area contributed by atoms with E-state index in [-0.39, 0.29) is 0 Å². The van der Waals surface area contributed by atoms with Crippen LogP contribution in [-0.2, 0) is 0 Å². The van der Waals surface area contributed by atoms with Crippen molar-refractivity contribution in [3.63, 3.8) is 0 Å². The van der Waals surface area contributed by atoms with Crippen LogP contribution in [0, 0.1) is 5.38 Å². The van der Waals surface area contributed by atoms with Gasteiger partial charge < -0.3 is 0 Å². The molecule has 1 radical (unpaired) electrons. The second kappa shape index (κ2) is 2.52. The van der Waals surface area contributed by atoms with Crippen LogP contribution >= 0.6 is 22.9 Å². The van der Waals surface area contributed by atoms with E-state index in [9.17, 15) is 0 Å². The largest absolute Gasteiger partial charge is 0.193 e.